The topological polar surface area (TPSA) is 12.5 Å². The molecule has 0 unspecified atom stereocenters. The van der Waals surface area contributed by atoms with Crippen molar-refractivity contribution in [2.45, 2.75) is 39.5 Å². The normalized spacial score (nSPS) is 24.2. The zero-order valence-electron chi connectivity index (χ0n) is 10.0. The van der Waals surface area contributed by atoms with E-state index in [1.165, 1.54) is 45.3 Å². The maximum Gasteiger partial charge on any atom is 0.0530 e. The average Bonchev–Trinajstić information content (AvgIpc) is 2.78. The Morgan fingerprint density at radius 2 is 1.71 bits per heavy atom. The number of methoxy groups -OCH3 is 1. The van der Waals surface area contributed by atoms with Crippen molar-refractivity contribution in [2.24, 2.45) is 5.41 Å². The van der Waals surface area contributed by atoms with Crippen molar-refractivity contribution in [2.75, 3.05) is 33.4 Å². The smallest absolute Gasteiger partial charge is 0.0530 e. The van der Waals surface area contributed by atoms with Gasteiger partial charge in [-0.1, -0.05) is 13.8 Å². The molecule has 0 atom stereocenters. The second-order valence-electron chi connectivity index (χ2n) is 4.42. The Balaban J connectivity index is 0.000000461. The lowest BCUT2D eigenvalue weighted by atomic mass is 10.1. The molecule has 1 saturated carbocycles. The highest BCUT2D eigenvalue weighted by molar-refractivity contribution is 4.96. The van der Waals surface area contributed by atoms with Gasteiger partial charge in [0.05, 0.1) is 6.61 Å². The van der Waals surface area contributed by atoms with Crippen LogP contribution >= 0.6 is 0 Å². The fourth-order valence-corrected chi connectivity index (χ4v) is 2.25. The maximum atomic E-state index is 5.25. The first kappa shape index (κ1) is 12.0. The third kappa shape index (κ3) is 3.25. The lowest BCUT2D eigenvalue weighted by Gasteiger charge is -2.21. The monoisotopic (exact) mass is 199 g/mol. The molecular formula is C12H25NO. The summed E-state index contributed by atoms with van der Waals surface area (Å²) >= 11 is 0. The summed E-state index contributed by atoms with van der Waals surface area (Å²) in [5, 5.41) is 0. The van der Waals surface area contributed by atoms with Gasteiger partial charge in [0.25, 0.3) is 0 Å². The summed E-state index contributed by atoms with van der Waals surface area (Å²) in [7, 11) is 1.82. The van der Waals surface area contributed by atoms with E-state index in [4.69, 9.17) is 4.74 Å². The summed E-state index contributed by atoms with van der Waals surface area (Å²) in [6.45, 7) is 8.92. The molecule has 0 aromatic carbocycles. The Morgan fingerprint density at radius 1 is 1.14 bits per heavy atom. The molecule has 84 valence electrons. The van der Waals surface area contributed by atoms with Crippen LogP contribution in [0.3, 0.4) is 0 Å². The van der Waals surface area contributed by atoms with Gasteiger partial charge >= 0.3 is 0 Å². The lowest BCUT2D eigenvalue weighted by Crippen LogP contribution is -2.30. The third-order valence-electron chi connectivity index (χ3n) is 3.17. The molecule has 2 nitrogen and oxygen atoms in total. The van der Waals surface area contributed by atoms with Crippen LogP contribution in [0.15, 0.2) is 0 Å². The van der Waals surface area contributed by atoms with Crippen LogP contribution in [0, 0.1) is 5.41 Å². The Hall–Kier alpha value is -0.0800. The molecule has 0 bridgehead atoms. The largest absolute Gasteiger partial charge is 0.384 e. The van der Waals surface area contributed by atoms with Gasteiger partial charge in [-0.15, -0.1) is 0 Å². The first-order valence-electron chi connectivity index (χ1n) is 6.06. The summed E-state index contributed by atoms with van der Waals surface area (Å²) in [6.07, 6.45) is 5.58. The zero-order chi connectivity index (χ0) is 10.4. The van der Waals surface area contributed by atoms with Gasteiger partial charge in [-0.2, -0.15) is 0 Å². The minimum absolute atomic E-state index is 0.569. The molecule has 1 aliphatic heterocycles. The third-order valence-corrected chi connectivity index (χ3v) is 3.17. The minimum Gasteiger partial charge on any atom is -0.384 e. The highest BCUT2D eigenvalue weighted by atomic mass is 16.5. The van der Waals surface area contributed by atoms with Gasteiger partial charge in [-0.25, -0.2) is 0 Å². The number of nitrogens with zero attached hydrogens (tertiary/aromatic N) is 1. The number of ether oxygens (including phenoxy) is 1. The molecule has 2 aliphatic rings. The zero-order valence-corrected chi connectivity index (χ0v) is 10.0. The summed E-state index contributed by atoms with van der Waals surface area (Å²) < 4.78 is 5.25. The highest BCUT2D eigenvalue weighted by Gasteiger charge is 2.44. The summed E-state index contributed by atoms with van der Waals surface area (Å²) in [5.74, 6) is 0. The Bertz CT molecular complexity index is 148. The molecule has 0 spiro atoms. The van der Waals surface area contributed by atoms with Crippen LogP contribution in [0.25, 0.3) is 0 Å². The van der Waals surface area contributed by atoms with Crippen molar-refractivity contribution in [3.8, 4) is 0 Å². The summed E-state index contributed by atoms with van der Waals surface area (Å²) in [5.41, 5.74) is 0.569. The molecule has 0 N–H and O–H groups in total. The molecule has 1 saturated heterocycles. The van der Waals surface area contributed by atoms with Gasteiger partial charge in [0.2, 0.25) is 0 Å². The van der Waals surface area contributed by atoms with E-state index in [1.54, 1.807) is 0 Å². The van der Waals surface area contributed by atoms with Crippen molar-refractivity contribution in [1.29, 1.82) is 0 Å². The van der Waals surface area contributed by atoms with Gasteiger partial charge < -0.3 is 9.64 Å². The lowest BCUT2D eigenvalue weighted by molar-refractivity contribution is 0.116. The van der Waals surface area contributed by atoms with Crippen LogP contribution in [0.2, 0.25) is 0 Å². The van der Waals surface area contributed by atoms with E-state index < -0.39 is 0 Å². The van der Waals surface area contributed by atoms with Gasteiger partial charge in [-0.3, -0.25) is 0 Å². The van der Waals surface area contributed by atoms with E-state index in [1.807, 2.05) is 21.0 Å². The molecule has 1 aliphatic carbocycles. The molecule has 0 aromatic heterocycles. The second kappa shape index (κ2) is 5.72. The average molecular weight is 199 g/mol. The molecule has 0 aromatic rings. The quantitative estimate of drug-likeness (QED) is 0.690. The molecule has 1 heterocycles. The highest BCUT2D eigenvalue weighted by Crippen LogP contribution is 2.46. The van der Waals surface area contributed by atoms with Crippen LogP contribution in [-0.4, -0.2) is 38.3 Å². The van der Waals surface area contributed by atoms with Gasteiger partial charge in [-0.05, 0) is 38.8 Å². The number of hydrogen-bond donors (Lipinski definition) is 0. The predicted octanol–water partition coefficient (Wildman–Crippen LogP) is 2.54. The Kier molecular flexibility index (Phi) is 4.90. The minimum atomic E-state index is 0.569. The molecule has 2 fully saturated rings. The maximum absolute atomic E-state index is 5.25. The van der Waals surface area contributed by atoms with E-state index in [2.05, 4.69) is 4.90 Å². The van der Waals surface area contributed by atoms with Crippen LogP contribution < -0.4 is 0 Å². The number of rotatable bonds is 4. The molecule has 0 amide bonds. The fraction of sp³-hybridized carbons (Fsp3) is 1.00. The van der Waals surface area contributed by atoms with E-state index >= 15 is 0 Å². The fourth-order valence-electron chi connectivity index (χ4n) is 2.25. The Morgan fingerprint density at radius 3 is 2.14 bits per heavy atom. The first-order chi connectivity index (χ1) is 6.85. The van der Waals surface area contributed by atoms with E-state index in [0.29, 0.717) is 5.41 Å². The van der Waals surface area contributed by atoms with Gasteiger partial charge in [0, 0.05) is 19.1 Å². The summed E-state index contributed by atoms with van der Waals surface area (Å²) in [4.78, 5) is 2.60. The summed E-state index contributed by atoms with van der Waals surface area (Å²) in [6, 6.07) is 0. The van der Waals surface area contributed by atoms with Crippen LogP contribution in [0.1, 0.15) is 39.5 Å². The number of hydrogen-bond acceptors (Lipinski definition) is 2. The molecule has 0 radical (unpaired) electrons. The van der Waals surface area contributed by atoms with Crippen molar-refractivity contribution < 1.29 is 4.74 Å². The second-order valence-corrected chi connectivity index (χ2v) is 4.42. The van der Waals surface area contributed by atoms with E-state index in [9.17, 15) is 0 Å². The first-order valence-corrected chi connectivity index (χ1v) is 6.06. The van der Waals surface area contributed by atoms with E-state index in [-0.39, 0.29) is 0 Å². The molecule has 14 heavy (non-hydrogen) atoms. The Labute approximate surface area is 88.6 Å². The molecular weight excluding hydrogens is 174 g/mol. The number of likely N-dealkylation sites (tertiary alicyclic amines) is 1. The predicted molar refractivity (Wildman–Crippen MR) is 60.6 cm³/mol. The van der Waals surface area contributed by atoms with Crippen molar-refractivity contribution in [3.63, 3.8) is 0 Å². The molecule has 2 rings (SSSR count). The molecule has 2 heteroatoms. The van der Waals surface area contributed by atoms with Crippen molar-refractivity contribution in [3.05, 3.63) is 0 Å². The van der Waals surface area contributed by atoms with Crippen molar-refractivity contribution in [1.82, 2.24) is 4.90 Å². The van der Waals surface area contributed by atoms with Crippen molar-refractivity contribution >= 4 is 0 Å². The standard InChI is InChI=1S/C10H19NO.C2H6/c1-12-9-10(4-5-10)8-11-6-2-3-7-11;1-2/h2-9H2,1H3;1-2H3. The SMILES string of the molecule is CC.COCC1(CN2CCCC2)CC1. The van der Waals surface area contributed by atoms with E-state index in [0.717, 1.165) is 6.61 Å². The van der Waals surface area contributed by atoms with Gasteiger partial charge in [0.1, 0.15) is 0 Å². The van der Waals surface area contributed by atoms with Gasteiger partial charge in [0.15, 0.2) is 0 Å². The van der Waals surface area contributed by atoms with Crippen LogP contribution in [-0.2, 0) is 4.74 Å². The van der Waals surface area contributed by atoms with Crippen LogP contribution in [0.4, 0.5) is 0 Å². The van der Waals surface area contributed by atoms with Crippen LogP contribution in [0.5, 0.6) is 0 Å².